The zero-order valence-electron chi connectivity index (χ0n) is 20.3. The minimum Gasteiger partial charge on any atom is -0.444 e. The quantitative estimate of drug-likeness (QED) is 0.418. The van der Waals surface area contributed by atoms with Crippen molar-refractivity contribution in [1.82, 2.24) is 14.9 Å². The van der Waals surface area contributed by atoms with Crippen LogP contribution in [0, 0.1) is 0 Å². The molecule has 0 spiro atoms. The molecule has 3 aliphatic heterocycles. The SMILES string of the molecule is CCOC(c1ccc(-c2nccs2)c2oc(N3CC4CC(C3)N4C(=O)OC(C)(C)C)nc12)C(F)(F)F. The molecule has 8 nitrogen and oxygen atoms in total. The lowest BCUT2D eigenvalue weighted by molar-refractivity contribution is -0.222. The van der Waals surface area contributed by atoms with E-state index in [1.807, 2.05) is 25.7 Å². The van der Waals surface area contributed by atoms with E-state index in [9.17, 15) is 18.0 Å². The van der Waals surface area contributed by atoms with Crippen LogP contribution in [-0.2, 0) is 9.47 Å². The molecule has 3 aliphatic rings. The highest BCUT2D eigenvalue weighted by Crippen LogP contribution is 2.43. The number of nitrogens with zero attached hydrogens (tertiary/aromatic N) is 4. The number of amides is 1. The number of halogens is 3. The highest BCUT2D eigenvalue weighted by atomic mass is 32.1. The normalized spacial score (nSPS) is 21.0. The fourth-order valence-corrected chi connectivity index (χ4v) is 5.45. The van der Waals surface area contributed by atoms with E-state index in [1.54, 1.807) is 22.5 Å². The Labute approximate surface area is 210 Å². The molecule has 0 N–H and O–H groups in total. The summed E-state index contributed by atoms with van der Waals surface area (Å²) in [5.41, 5.74) is 0.190. The van der Waals surface area contributed by atoms with Crippen LogP contribution in [0.3, 0.4) is 0 Å². The number of hydrogen-bond donors (Lipinski definition) is 0. The Morgan fingerprint density at radius 3 is 2.56 bits per heavy atom. The number of hydrogen-bond acceptors (Lipinski definition) is 8. The van der Waals surface area contributed by atoms with Gasteiger partial charge in [0, 0.05) is 36.8 Å². The molecular weight excluding hydrogens is 497 g/mol. The highest BCUT2D eigenvalue weighted by molar-refractivity contribution is 7.13. The first kappa shape index (κ1) is 24.8. The van der Waals surface area contributed by atoms with Gasteiger partial charge in [-0.25, -0.2) is 9.78 Å². The van der Waals surface area contributed by atoms with Crippen molar-refractivity contribution in [2.24, 2.45) is 0 Å². The number of aromatic nitrogens is 2. The maximum absolute atomic E-state index is 13.9. The fourth-order valence-electron chi connectivity index (χ4n) is 4.79. The molecule has 3 aromatic rings. The molecule has 3 unspecified atom stereocenters. The lowest BCUT2D eigenvalue weighted by Gasteiger charge is -2.55. The van der Waals surface area contributed by atoms with Gasteiger partial charge in [-0.2, -0.15) is 18.2 Å². The number of carbonyl (C=O) groups is 1. The summed E-state index contributed by atoms with van der Waals surface area (Å²) in [7, 11) is 0. The van der Waals surface area contributed by atoms with E-state index in [-0.39, 0.29) is 47.5 Å². The minimum atomic E-state index is -4.62. The van der Waals surface area contributed by atoms with E-state index in [0.29, 0.717) is 23.7 Å². The number of benzene rings is 1. The Bertz CT molecular complexity index is 1240. The maximum Gasteiger partial charge on any atom is 0.418 e. The first-order valence-corrected chi connectivity index (χ1v) is 12.6. The third-order valence-corrected chi connectivity index (χ3v) is 7.01. The van der Waals surface area contributed by atoms with Crippen LogP contribution in [0.1, 0.15) is 45.8 Å². The Balaban J connectivity index is 1.49. The van der Waals surface area contributed by atoms with Crippen molar-refractivity contribution < 1.29 is 31.9 Å². The molecule has 12 heteroatoms. The topological polar surface area (TPSA) is 80.9 Å². The molecule has 5 heterocycles. The smallest absolute Gasteiger partial charge is 0.418 e. The molecule has 0 saturated carbocycles. The van der Waals surface area contributed by atoms with Crippen LogP contribution in [0.5, 0.6) is 0 Å². The molecule has 3 fully saturated rings. The second-order valence-corrected chi connectivity index (χ2v) is 10.8. The molecule has 194 valence electrons. The molecule has 3 atom stereocenters. The summed E-state index contributed by atoms with van der Waals surface area (Å²) in [6, 6.07) is 3.00. The van der Waals surface area contributed by atoms with Crippen LogP contribution in [0.4, 0.5) is 24.0 Å². The molecule has 3 saturated heterocycles. The van der Waals surface area contributed by atoms with Gasteiger partial charge in [0.1, 0.15) is 16.1 Å². The van der Waals surface area contributed by atoms with E-state index in [4.69, 9.17) is 13.9 Å². The predicted molar refractivity (Wildman–Crippen MR) is 128 cm³/mol. The van der Waals surface area contributed by atoms with Gasteiger partial charge in [-0.05, 0) is 40.2 Å². The number of ether oxygens (including phenoxy) is 2. The van der Waals surface area contributed by atoms with Gasteiger partial charge in [0.05, 0.1) is 17.6 Å². The number of thiazole rings is 1. The van der Waals surface area contributed by atoms with Crippen LogP contribution in [0.15, 0.2) is 28.1 Å². The van der Waals surface area contributed by atoms with Crippen molar-refractivity contribution in [2.45, 2.75) is 64.1 Å². The number of anilines is 1. The van der Waals surface area contributed by atoms with Crippen LogP contribution in [0.25, 0.3) is 21.7 Å². The molecule has 0 aliphatic carbocycles. The number of piperidine rings is 1. The van der Waals surface area contributed by atoms with E-state index in [2.05, 4.69) is 9.97 Å². The monoisotopic (exact) mass is 524 g/mol. The molecule has 6 rings (SSSR count). The average Bonchev–Trinajstić information content (AvgIpc) is 3.45. The van der Waals surface area contributed by atoms with Crippen LogP contribution in [-0.4, -0.2) is 64.5 Å². The Morgan fingerprint density at radius 1 is 1.25 bits per heavy atom. The van der Waals surface area contributed by atoms with Gasteiger partial charge in [0.2, 0.25) is 0 Å². The van der Waals surface area contributed by atoms with Gasteiger partial charge in [-0.1, -0.05) is 6.07 Å². The Hall–Kier alpha value is -2.86. The first-order valence-electron chi connectivity index (χ1n) is 11.7. The molecule has 0 radical (unpaired) electrons. The summed E-state index contributed by atoms with van der Waals surface area (Å²) in [6.07, 6.45) is -4.67. The first-order chi connectivity index (χ1) is 17.0. The second kappa shape index (κ2) is 8.91. The standard InChI is InChI=1S/C24H27F3N4O4S/c1-5-33-19(24(25,26)27)15-6-7-16(20-28-8-9-36-20)18-17(15)29-21(34-18)30-11-13-10-14(12-30)31(13)22(32)35-23(2,3)4/h6-9,13-14,19H,5,10-12H2,1-4H3. The molecule has 1 amide bonds. The third-order valence-electron chi connectivity index (χ3n) is 6.21. The number of alkyl halides is 3. The number of rotatable bonds is 5. The molecule has 2 aromatic heterocycles. The van der Waals surface area contributed by atoms with E-state index in [1.165, 1.54) is 24.3 Å². The summed E-state index contributed by atoms with van der Waals surface area (Å²) >= 11 is 1.36. The van der Waals surface area contributed by atoms with Gasteiger partial charge >= 0.3 is 12.3 Å². The highest BCUT2D eigenvalue weighted by Gasteiger charge is 2.50. The fraction of sp³-hybridized carbons (Fsp3) is 0.542. The van der Waals surface area contributed by atoms with Gasteiger partial charge in [-0.15, -0.1) is 11.3 Å². The average molecular weight is 525 g/mol. The lowest BCUT2D eigenvalue weighted by atomic mass is 9.88. The van der Waals surface area contributed by atoms with Crippen molar-refractivity contribution in [3.63, 3.8) is 0 Å². The summed E-state index contributed by atoms with van der Waals surface area (Å²) in [5.74, 6) is 0. The van der Waals surface area contributed by atoms with Crippen molar-refractivity contribution in [1.29, 1.82) is 0 Å². The summed E-state index contributed by atoms with van der Waals surface area (Å²) in [5, 5.41) is 2.40. The number of oxazole rings is 1. The molecule has 36 heavy (non-hydrogen) atoms. The number of piperazine rings is 1. The Kier molecular flexibility index (Phi) is 6.14. The van der Waals surface area contributed by atoms with Gasteiger partial charge in [0.15, 0.2) is 11.7 Å². The second-order valence-electron chi connectivity index (χ2n) is 9.93. The zero-order valence-corrected chi connectivity index (χ0v) is 21.2. The largest absolute Gasteiger partial charge is 0.444 e. The predicted octanol–water partition coefficient (Wildman–Crippen LogP) is 5.79. The minimum absolute atomic E-state index is 0.0853. The molecule has 2 bridgehead atoms. The molecule has 1 aromatic carbocycles. The lowest BCUT2D eigenvalue weighted by Crippen LogP contribution is -2.70. The summed E-state index contributed by atoms with van der Waals surface area (Å²) in [4.78, 5) is 25.0. The van der Waals surface area contributed by atoms with E-state index in [0.717, 1.165) is 6.42 Å². The van der Waals surface area contributed by atoms with Crippen molar-refractivity contribution in [3.05, 3.63) is 29.3 Å². The maximum atomic E-state index is 13.9. The number of fused-ring (bicyclic) bond motifs is 3. The van der Waals surface area contributed by atoms with E-state index >= 15 is 0 Å². The third kappa shape index (κ3) is 4.52. The summed E-state index contributed by atoms with van der Waals surface area (Å²) in [6.45, 7) is 7.75. The van der Waals surface area contributed by atoms with Crippen LogP contribution >= 0.6 is 11.3 Å². The van der Waals surface area contributed by atoms with Crippen molar-refractivity contribution >= 4 is 34.5 Å². The van der Waals surface area contributed by atoms with Crippen molar-refractivity contribution in [2.75, 3.05) is 24.6 Å². The Morgan fingerprint density at radius 2 is 1.97 bits per heavy atom. The van der Waals surface area contributed by atoms with Gasteiger partial charge < -0.3 is 18.8 Å². The number of carbonyl (C=O) groups excluding carboxylic acids is 1. The van der Waals surface area contributed by atoms with Crippen LogP contribution < -0.4 is 4.90 Å². The van der Waals surface area contributed by atoms with Gasteiger partial charge in [-0.3, -0.25) is 4.90 Å². The summed E-state index contributed by atoms with van der Waals surface area (Å²) < 4.78 is 58.4. The molecular formula is C24H27F3N4O4S. The zero-order chi connectivity index (χ0) is 25.8. The van der Waals surface area contributed by atoms with E-state index < -0.39 is 17.9 Å². The van der Waals surface area contributed by atoms with Crippen molar-refractivity contribution in [3.8, 4) is 10.6 Å². The van der Waals surface area contributed by atoms with Gasteiger partial charge in [0.25, 0.3) is 6.01 Å². The van der Waals surface area contributed by atoms with Crippen LogP contribution in [0.2, 0.25) is 0 Å².